The number of carbonyl (C=O) groups is 1. The molecule has 0 saturated carbocycles. The van der Waals surface area contributed by atoms with Crippen LogP contribution in [0, 0.1) is 0 Å². The van der Waals surface area contributed by atoms with Crippen molar-refractivity contribution in [2.24, 2.45) is 0 Å². The highest BCUT2D eigenvalue weighted by atomic mass is 16.3. The van der Waals surface area contributed by atoms with E-state index < -0.39 is 5.60 Å². The minimum Gasteiger partial charge on any atom is -0.384 e. The van der Waals surface area contributed by atoms with E-state index in [9.17, 15) is 9.90 Å². The first-order valence-electron chi connectivity index (χ1n) is 7.08. The van der Waals surface area contributed by atoms with E-state index in [2.05, 4.69) is 6.58 Å². The number of aliphatic hydroxyl groups is 1. The van der Waals surface area contributed by atoms with Crippen molar-refractivity contribution >= 4 is 5.78 Å². The minimum atomic E-state index is -1.17. The molecule has 2 heteroatoms. The summed E-state index contributed by atoms with van der Waals surface area (Å²) in [6, 6.07) is 18.9. The zero-order valence-electron chi connectivity index (χ0n) is 12.0. The number of benzene rings is 2. The maximum atomic E-state index is 12.3. The van der Waals surface area contributed by atoms with Gasteiger partial charge in [0.05, 0.1) is 5.60 Å². The fourth-order valence-electron chi connectivity index (χ4n) is 2.49. The predicted octanol–water partition coefficient (Wildman–Crippen LogP) is 3.65. The first-order chi connectivity index (χ1) is 10.1. The summed E-state index contributed by atoms with van der Waals surface area (Å²) in [5, 5.41) is 10.8. The molecule has 0 bridgehead atoms. The van der Waals surface area contributed by atoms with Gasteiger partial charge in [-0.05, 0) is 17.5 Å². The second-order valence-electron chi connectivity index (χ2n) is 5.27. The average Bonchev–Trinajstić information content (AvgIpc) is 2.49. The Bertz CT molecular complexity index is 589. The van der Waals surface area contributed by atoms with Crippen LogP contribution < -0.4 is 0 Å². The standard InChI is InChI=1S/C19H20O2/c1-2-13-19(21,17-11-7-4-8-12-17)15-18(20)14-16-9-5-3-6-10-16/h2-12,21H,1,13-15H2. The van der Waals surface area contributed by atoms with E-state index in [1.54, 1.807) is 6.08 Å². The Morgan fingerprint density at radius 2 is 1.62 bits per heavy atom. The molecule has 0 aromatic heterocycles. The highest BCUT2D eigenvalue weighted by Gasteiger charge is 2.30. The van der Waals surface area contributed by atoms with E-state index in [0.29, 0.717) is 12.8 Å². The molecule has 0 radical (unpaired) electrons. The molecule has 0 aliphatic rings. The van der Waals surface area contributed by atoms with Crippen molar-refractivity contribution in [3.05, 3.63) is 84.4 Å². The summed E-state index contributed by atoms with van der Waals surface area (Å²) in [5.41, 5.74) is 0.553. The molecular formula is C19H20O2. The topological polar surface area (TPSA) is 37.3 Å². The third kappa shape index (κ3) is 4.14. The molecule has 2 rings (SSSR count). The van der Waals surface area contributed by atoms with E-state index in [1.807, 2.05) is 60.7 Å². The lowest BCUT2D eigenvalue weighted by molar-refractivity contribution is -0.123. The zero-order valence-corrected chi connectivity index (χ0v) is 12.0. The van der Waals surface area contributed by atoms with Crippen LogP contribution in [0.25, 0.3) is 0 Å². The van der Waals surface area contributed by atoms with Crippen LogP contribution in [0.4, 0.5) is 0 Å². The van der Waals surface area contributed by atoms with Crippen molar-refractivity contribution in [3.63, 3.8) is 0 Å². The molecule has 0 heterocycles. The van der Waals surface area contributed by atoms with Gasteiger partial charge in [-0.2, -0.15) is 0 Å². The van der Waals surface area contributed by atoms with Gasteiger partial charge in [-0.25, -0.2) is 0 Å². The molecule has 0 spiro atoms. The molecule has 1 unspecified atom stereocenters. The minimum absolute atomic E-state index is 0.0226. The fourth-order valence-corrected chi connectivity index (χ4v) is 2.49. The van der Waals surface area contributed by atoms with E-state index in [-0.39, 0.29) is 12.2 Å². The molecule has 108 valence electrons. The summed E-state index contributed by atoms with van der Waals surface area (Å²) >= 11 is 0. The first kappa shape index (κ1) is 15.2. The Labute approximate surface area is 125 Å². The lowest BCUT2D eigenvalue weighted by Crippen LogP contribution is -2.29. The van der Waals surface area contributed by atoms with E-state index >= 15 is 0 Å². The molecule has 21 heavy (non-hydrogen) atoms. The van der Waals surface area contributed by atoms with Gasteiger partial charge in [0.1, 0.15) is 5.78 Å². The van der Waals surface area contributed by atoms with Crippen LogP contribution in [0.1, 0.15) is 24.0 Å². The average molecular weight is 280 g/mol. The number of rotatable bonds is 7. The molecule has 2 aromatic rings. The smallest absolute Gasteiger partial charge is 0.140 e. The fraction of sp³-hybridized carbons (Fsp3) is 0.211. The number of hydrogen-bond acceptors (Lipinski definition) is 2. The highest BCUT2D eigenvalue weighted by Crippen LogP contribution is 2.29. The summed E-state index contributed by atoms with van der Waals surface area (Å²) in [6.45, 7) is 3.69. The lowest BCUT2D eigenvalue weighted by atomic mass is 9.84. The van der Waals surface area contributed by atoms with Crippen molar-refractivity contribution < 1.29 is 9.90 Å². The second kappa shape index (κ2) is 7.00. The Hall–Kier alpha value is -2.19. The summed E-state index contributed by atoms with van der Waals surface area (Å²) in [6.07, 6.45) is 2.45. The third-order valence-corrected chi connectivity index (χ3v) is 3.53. The van der Waals surface area contributed by atoms with Crippen LogP contribution in [-0.4, -0.2) is 10.9 Å². The summed E-state index contributed by atoms with van der Waals surface area (Å²) < 4.78 is 0. The van der Waals surface area contributed by atoms with Crippen LogP contribution in [0.5, 0.6) is 0 Å². The van der Waals surface area contributed by atoms with Crippen molar-refractivity contribution in [2.45, 2.75) is 24.9 Å². The van der Waals surface area contributed by atoms with Gasteiger partial charge < -0.3 is 5.11 Å². The quantitative estimate of drug-likeness (QED) is 0.786. The maximum absolute atomic E-state index is 12.3. The van der Waals surface area contributed by atoms with Gasteiger partial charge in [0.2, 0.25) is 0 Å². The van der Waals surface area contributed by atoms with Crippen LogP contribution in [0.3, 0.4) is 0 Å². The second-order valence-corrected chi connectivity index (χ2v) is 5.27. The molecular weight excluding hydrogens is 260 g/mol. The van der Waals surface area contributed by atoms with E-state index in [0.717, 1.165) is 11.1 Å². The van der Waals surface area contributed by atoms with Gasteiger partial charge in [0.15, 0.2) is 0 Å². The monoisotopic (exact) mass is 280 g/mol. The van der Waals surface area contributed by atoms with Crippen LogP contribution >= 0.6 is 0 Å². The number of ketones is 1. The Morgan fingerprint density at radius 1 is 1.05 bits per heavy atom. The van der Waals surface area contributed by atoms with Crippen molar-refractivity contribution in [1.82, 2.24) is 0 Å². The van der Waals surface area contributed by atoms with Gasteiger partial charge in [-0.1, -0.05) is 66.7 Å². The number of Topliss-reactive ketones (excluding diaryl/α,β-unsaturated/α-hetero) is 1. The van der Waals surface area contributed by atoms with Crippen molar-refractivity contribution in [3.8, 4) is 0 Å². The van der Waals surface area contributed by atoms with Gasteiger partial charge >= 0.3 is 0 Å². The van der Waals surface area contributed by atoms with Gasteiger partial charge in [-0.3, -0.25) is 4.79 Å². The summed E-state index contributed by atoms with van der Waals surface area (Å²) in [4.78, 5) is 12.3. The largest absolute Gasteiger partial charge is 0.384 e. The predicted molar refractivity (Wildman–Crippen MR) is 84.9 cm³/mol. The van der Waals surface area contributed by atoms with Gasteiger partial charge in [0.25, 0.3) is 0 Å². The van der Waals surface area contributed by atoms with Crippen molar-refractivity contribution in [2.75, 3.05) is 0 Å². The molecule has 0 amide bonds. The van der Waals surface area contributed by atoms with Crippen LogP contribution in [-0.2, 0) is 16.8 Å². The molecule has 0 aliphatic carbocycles. The number of carbonyl (C=O) groups excluding carboxylic acids is 1. The maximum Gasteiger partial charge on any atom is 0.140 e. The lowest BCUT2D eigenvalue weighted by Gasteiger charge is -2.27. The molecule has 2 aromatic carbocycles. The Kier molecular flexibility index (Phi) is 5.07. The van der Waals surface area contributed by atoms with E-state index in [4.69, 9.17) is 0 Å². The Balaban J connectivity index is 2.13. The van der Waals surface area contributed by atoms with Crippen molar-refractivity contribution in [1.29, 1.82) is 0 Å². The normalized spacial score (nSPS) is 13.4. The zero-order chi connectivity index (χ0) is 15.1. The molecule has 1 N–H and O–H groups in total. The molecule has 0 aliphatic heterocycles. The molecule has 1 atom stereocenters. The SMILES string of the molecule is C=CCC(O)(CC(=O)Cc1ccccc1)c1ccccc1. The van der Waals surface area contributed by atoms with E-state index in [1.165, 1.54) is 0 Å². The Morgan fingerprint density at radius 3 is 2.19 bits per heavy atom. The molecule has 2 nitrogen and oxygen atoms in total. The number of hydrogen-bond donors (Lipinski definition) is 1. The van der Waals surface area contributed by atoms with Crippen LogP contribution in [0.2, 0.25) is 0 Å². The highest BCUT2D eigenvalue weighted by molar-refractivity contribution is 5.82. The van der Waals surface area contributed by atoms with Crippen LogP contribution in [0.15, 0.2) is 73.3 Å². The van der Waals surface area contributed by atoms with Gasteiger partial charge in [0, 0.05) is 12.8 Å². The molecule has 0 saturated heterocycles. The summed E-state index contributed by atoms with van der Waals surface area (Å²) in [7, 11) is 0. The molecule has 0 fully saturated rings. The van der Waals surface area contributed by atoms with Gasteiger partial charge in [-0.15, -0.1) is 6.58 Å². The first-order valence-corrected chi connectivity index (χ1v) is 7.08. The summed E-state index contributed by atoms with van der Waals surface area (Å²) in [5.74, 6) is 0.0226. The third-order valence-electron chi connectivity index (χ3n) is 3.53.